The first kappa shape index (κ1) is 24.4. The molecule has 6 nitrogen and oxygen atoms in total. The number of carbonyl (C=O) groups is 1. The fourth-order valence-electron chi connectivity index (χ4n) is 3.35. The lowest BCUT2D eigenvalue weighted by atomic mass is 9.93. The SMILES string of the molecule is Cc1ccc(CCC(=O)C(C)c2ccc(NS(C)(=O)=O)c(F)c2)c(OCc2ccccc2)n1. The number of hydrogen-bond acceptors (Lipinski definition) is 5. The second kappa shape index (κ2) is 10.6. The summed E-state index contributed by atoms with van der Waals surface area (Å²) >= 11 is 0. The number of Topliss-reactive ketones (excluding diaryl/α,β-unsaturated/α-hetero) is 1. The van der Waals surface area contributed by atoms with Crippen molar-refractivity contribution in [2.24, 2.45) is 0 Å². The first-order valence-corrected chi connectivity index (χ1v) is 12.4. The van der Waals surface area contributed by atoms with E-state index in [0.717, 1.165) is 23.1 Å². The topological polar surface area (TPSA) is 85.4 Å². The molecule has 0 aliphatic carbocycles. The second-order valence-corrected chi connectivity index (χ2v) is 9.74. The van der Waals surface area contributed by atoms with E-state index in [1.54, 1.807) is 13.0 Å². The van der Waals surface area contributed by atoms with Crippen LogP contribution in [-0.2, 0) is 27.8 Å². The van der Waals surface area contributed by atoms with Crippen LogP contribution in [0.25, 0.3) is 0 Å². The molecule has 0 radical (unpaired) electrons. The number of nitrogens with one attached hydrogen (secondary N) is 1. The zero-order valence-corrected chi connectivity index (χ0v) is 19.7. The number of halogens is 1. The second-order valence-electron chi connectivity index (χ2n) is 7.99. The molecule has 3 rings (SSSR count). The maximum absolute atomic E-state index is 14.3. The minimum atomic E-state index is -3.59. The minimum Gasteiger partial charge on any atom is -0.473 e. The van der Waals surface area contributed by atoms with Gasteiger partial charge < -0.3 is 4.74 Å². The molecule has 1 aromatic heterocycles. The van der Waals surface area contributed by atoms with E-state index in [1.165, 1.54) is 12.1 Å². The van der Waals surface area contributed by atoms with Crippen LogP contribution in [0.3, 0.4) is 0 Å². The van der Waals surface area contributed by atoms with Gasteiger partial charge in [0.1, 0.15) is 18.2 Å². The van der Waals surface area contributed by atoms with Crippen molar-refractivity contribution in [1.82, 2.24) is 4.98 Å². The third-order valence-electron chi connectivity index (χ3n) is 5.21. The summed E-state index contributed by atoms with van der Waals surface area (Å²) in [5.74, 6) is -0.829. The van der Waals surface area contributed by atoms with Gasteiger partial charge in [-0.25, -0.2) is 17.8 Å². The molecule has 1 unspecified atom stereocenters. The van der Waals surface area contributed by atoms with Gasteiger partial charge in [0.15, 0.2) is 0 Å². The number of nitrogens with zero attached hydrogens (tertiary/aromatic N) is 1. The zero-order valence-electron chi connectivity index (χ0n) is 18.8. The number of aryl methyl sites for hydroxylation is 2. The van der Waals surface area contributed by atoms with Crippen molar-refractivity contribution in [2.45, 2.75) is 39.2 Å². The monoisotopic (exact) mass is 470 g/mol. The first-order valence-electron chi connectivity index (χ1n) is 10.6. The van der Waals surface area contributed by atoms with Gasteiger partial charge in [0.25, 0.3) is 0 Å². The van der Waals surface area contributed by atoms with E-state index in [-0.39, 0.29) is 17.9 Å². The van der Waals surface area contributed by atoms with Crippen LogP contribution in [0, 0.1) is 12.7 Å². The number of ketones is 1. The zero-order chi connectivity index (χ0) is 24.0. The van der Waals surface area contributed by atoms with Gasteiger partial charge in [-0.05, 0) is 42.7 Å². The lowest BCUT2D eigenvalue weighted by Gasteiger charge is -2.14. The maximum atomic E-state index is 14.3. The molecular weight excluding hydrogens is 443 g/mol. The molecule has 8 heteroatoms. The molecule has 0 spiro atoms. The lowest BCUT2D eigenvalue weighted by Crippen LogP contribution is -2.13. The van der Waals surface area contributed by atoms with Crippen LogP contribution in [0.15, 0.2) is 60.7 Å². The van der Waals surface area contributed by atoms with E-state index in [1.807, 2.05) is 49.4 Å². The molecule has 1 N–H and O–H groups in total. The average molecular weight is 471 g/mol. The fourth-order valence-corrected chi connectivity index (χ4v) is 3.91. The molecule has 2 aromatic carbocycles. The summed E-state index contributed by atoms with van der Waals surface area (Å²) in [5, 5.41) is 0. The van der Waals surface area contributed by atoms with Crippen molar-refractivity contribution in [1.29, 1.82) is 0 Å². The number of aromatic nitrogens is 1. The molecule has 0 aliphatic rings. The Kier molecular flexibility index (Phi) is 7.81. The van der Waals surface area contributed by atoms with Gasteiger partial charge in [-0.1, -0.05) is 49.4 Å². The van der Waals surface area contributed by atoms with Crippen LogP contribution in [0.2, 0.25) is 0 Å². The number of rotatable bonds is 10. The molecular formula is C25H27FN2O4S. The van der Waals surface area contributed by atoms with Gasteiger partial charge in [0, 0.05) is 23.6 Å². The summed E-state index contributed by atoms with van der Waals surface area (Å²) in [4.78, 5) is 17.3. The van der Waals surface area contributed by atoms with Crippen LogP contribution < -0.4 is 9.46 Å². The van der Waals surface area contributed by atoms with Gasteiger partial charge in [-0.3, -0.25) is 9.52 Å². The molecule has 0 saturated heterocycles. The number of pyridine rings is 1. The summed E-state index contributed by atoms with van der Waals surface area (Å²) in [7, 11) is -3.59. The predicted molar refractivity (Wildman–Crippen MR) is 126 cm³/mol. The number of carbonyl (C=O) groups excluding carboxylic acids is 1. The normalized spacial score (nSPS) is 12.2. The Hall–Kier alpha value is -3.26. The standard InChI is InChI=1S/C25H27FN2O4S/c1-17-9-10-20(25(27-17)32-16-19-7-5-4-6-8-19)12-14-24(29)18(2)21-11-13-23(22(26)15-21)28-33(3,30)31/h4-11,13,15,18,28H,12,14,16H2,1-3H3. The van der Waals surface area contributed by atoms with Gasteiger partial charge in [-0.15, -0.1) is 0 Å². The Bertz CT molecular complexity index is 1230. The van der Waals surface area contributed by atoms with Gasteiger partial charge >= 0.3 is 0 Å². The number of sulfonamides is 1. The fraction of sp³-hybridized carbons (Fsp3) is 0.280. The number of benzene rings is 2. The predicted octanol–water partition coefficient (Wildman–Crippen LogP) is 4.79. The Balaban J connectivity index is 1.66. The number of hydrogen-bond donors (Lipinski definition) is 1. The molecule has 0 fully saturated rings. The summed E-state index contributed by atoms with van der Waals surface area (Å²) in [5.41, 5.74) is 3.01. The Morgan fingerprint density at radius 1 is 1.12 bits per heavy atom. The molecule has 0 aliphatic heterocycles. The van der Waals surface area contributed by atoms with E-state index in [4.69, 9.17) is 4.74 Å². The largest absolute Gasteiger partial charge is 0.473 e. The minimum absolute atomic E-state index is 0.0622. The maximum Gasteiger partial charge on any atom is 0.229 e. The molecule has 0 bridgehead atoms. The van der Waals surface area contributed by atoms with Gasteiger partial charge in [0.2, 0.25) is 15.9 Å². The van der Waals surface area contributed by atoms with Crippen LogP contribution in [0.5, 0.6) is 5.88 Å². The summed E-state index contributed by atoms with van der Waals surface area (Å²) in [6, 6.07) is 17.6. The van der Waals surface area contributed by atoms with Crippen molar-refractivity contribution in [3.63, 3.8) is 0 Å². The smallest absolute Gasteiger partial charge is 0.229 e. The summed E-state index contributed by atoms with van der Waals surface area (Å²) < 4.78 is 45.0. The lowest BCUT2D eigenvalue weighted by molar-refractivity contribution is -0.120. The first-order chi connectivity index (χ1) is 15.6. The van der Waals surface area contributed by atoms with E-state index < -0.39 is 21.8 Å². The van der Waals surface area contributed by atoms with Crippen molar-refractivity contribution in [3.8, 4) is 5.88 Å². The van der Waals surface area contributed by atoms with E-state index in [0.29, 0.717) is 24.5 Å². The Morgan fingerprint density at radius 2 is 1.85 bits per heavy atom. The molecule has 1 atom stereocenters. The van der Waals surface area contributed by atoms with Crippen molar-refractivity contribution >= 4 is 21.5 Å². The van der Waals surface area contributed by atoms with Crippen molar-refractivity contribution < 1.29 is 22.3 Å². The van der Waals surface area contributed by atoms with Gasteiger partial charge in [-0.2, -0.15) is 0 Å². The number of ether oxygens (including phenoxy) is 1. The Labute approximate surface area is 193 Å². The number of anilines is 1. The summed E-state index contributed by atoms with van der Waals surface area (Å²) in [6.45, 7) is 3.96. The van der Waals surface area contributed by atoms with Crippen LogP contribution in [0.1, 0.15) is 41.6 Å². The molecule has 1 heterocycles. The highest BCUT2D eigenvalue weighted by atomic mass is 32.2. The highest BCUT2D eigenvalue weighted by Crippen LogP contribution is 2.25. The van der Waals surface area contributed by atoms with Crippen LogP contribution in [-0.4, -0.2) is 25.4 Å². The third kappa shape index (κ3) is 7.12. The molecule has 0 saturated carbocycles. The quantitative estimate of drug-likeness (QED) is 0.461. The van der Waals surface area contributed by atoms with Crippen molar-refractivity contribution in [2.75, 3.05) is 11.0 Å². The third-order valence-corrected chi connectivity index (χ3v) is 5.80. The van der Waals surface area contributed by atoms with E-state index >= 15 is 0 Å². The van der Waals surface area contributed by atoms with Crippen LogP contribution >= 0.6 is 0 Å². The average Bonchev–Trinajstić information content (AvgIpc) is 2.77. The molecule has 3 aromatic rings. The van der Waals surface area contributed by atoms with E-state index in [9.17, 15) is 17.6 Å². The van der Waals surface area contributed by atoms with Gasteiger partial charge in [0.05, 0.1) is 11.9 Å². The molecule has 33 heavy (non-hydrogen) atoms. The molecule has 174 valence electrons. The molecule has 0 amide bonds. The summed E-state index contributed by atoms with van der Waals surface area (Å²) in [6.07, 6.45) is 1.62. The van der Waals surface area contributed by atoms with Crippen LogP contribution in [0.4, 0.5) is 10.1 Å². The Morgan fingerprint density at radius 3 is 2.52 bits per heavy atom. The highest BCUT2D eigenvalue weighted by Gasteiger charge is 2.19. The van der Waals surface area contributed by atoms with E-state index in [2.05, 4.69) is 9.71 Å². The highest BCUT2D eigenvalue weighted by molar-refractivity contribution is 7.92. The van der Waals surface area contributed by atoms with Crippen molar-refractivity contribution in [3.05, 3.63) is 88.9 Å².